The Morgan fingerprint density at radius 1 is 0.829 bits per heavy atom. The predicted molar refractivity (Wildman–Crippen MR) is 125 cm³/mol. The van der Waals surface area contributed by atoms with Gasteiger partial charge in [0.05, 0.1) is 30.3 Å². The number of rotatable bonds is 6. The number of halogens is 9. The molecule has 0 radical (unpaired) electrons. The SMILES string of the molecule is COc1ccc(C=O)cc1-c1ccc(C(F)(F)F)cc1CN1CC(c2cc(C(F)(F)F)cc(C(F)(F)F)c2)OC1=O. The molecular formula is C27H18F9NO4. The number of ether oxygens (including phenoxy) is 2. The number of methoxy groups -OCH3 is 1. The summed E-state index contributed by atoms with van der Waals surface area (Å²) in [4.78, 5) is 24.8. The van der Waals surface area contributed by atoms with Crippen molar-refractivity contribution in [2.24, 2.45) is 0 Å². The molecule has 1 amide bonds. The standard InChI is InChI=1S/C27H18F9NO4/c1-40-22-5-2-14(13-38)6-21(22)20-4-3-17(25(28,29)30)9-16(20)11-37-12-23(41-24(37)39)15-7-18(26(31,32)33)10-19(8-15)27(34,35)36/h2-10,13,23H,11-12H2,1H3. The van der Waals surface area contributed by atoms with Gasteiger partial charge in [-0.25, -0.2) is 4.79 Å². The van der Waals surface area contributed by atoms with Crippen molar-refractivity contribution in [2.75, 3.05) is 13.7 Å². The minimum atomic E-state index is -5.14. The summed E-state index contributed by atoms with van der Waals surface area (Å²) < 4.78 is 131. The number of alkyl halides is 9. The Labute approximate surface area is 226 Å². The highest BCUT2D eigenvalue weighted by molar-refractivity contribution is 5.83. The number of cyclic esters (lactones) is 1. The molecule has 1 aliphatic rings. The zero-order chi connectivity index (χ0) is 30.3. The Hall–Kier alpha value is -4.23. The van der Waals surface area contributed by atoms with Gasteiger partial charge in [0, 0.05) is 17.7 Å². The number of aldehydes is 1. The number of benzene rings is 3. The Kier molecular flexibility index (Phi) is 7.71. The van der Waals surface area contributed by atoms with Crippen molar-refractivity contribution in [3.63, 3.8) is 0 Å². The van der Waals surface area contributed by atoms with E-state index < -0.39 is 66.1 Å². The van der Waals surface area contributed by atoms with Gasteiger partial charge >= 0.3 is 24.6 Å². The maximum atomic E-state index is 13.5. The maximum Gasteiger partial charge on any atom is 0.416 e. The van der Waals surface area contributed by atoms with Gasteiger partial charge < -0.3 is 9.47 Å². The minimum absolute atomic E-state index is 0.0756. The molecular weight excluding hydrogens is 573 g/mol. The zero-order valence-corrected chi connectivity index (χ0v) is 20.7. The van der Waals surface area contributed by atoms with Crippen LogP contribution in [0.1, 0.15) is 44.3 Å². The van der Waals surface area contributed by atoms with Gasteiger partial charge in [0.2, 0.25) is 0 Å². The summed E-state index contributed by atoms with van der Waals surface area (Å²) in [6.07, 6.45) is -17.3. The zero-order valence-electron chi connectivity index (χ0n) is 20.7. The van der Waals surface area contributed by atoms with Gasteiger partial charge in [-0.05, 0) is 65.2 Å². The number of amides is 1. The highest BCUT2D eigenvalue weighted by Crippen LogP contribution is 2.41. The minimum Gasteiger partial charge on any atom is -0.496 e. The lowest BCUT2D eigenvalue weighted by atomic mass is 9.94. The van der Waals surface area contributed by atoms with Crippen LogP contribution in [0.3, 0.4) is 0 Å². The summed E-state index contributed by atoms with van der Waals surface area (Å²) in [7, 11) is 1.29. The second-order valence-corrected chi connectivity index (χ2v) is 9.04. The molecule has 1 atom stereocenters. The Bertz CT molecular complexity index is 1450. The van der Waals surface area contributed by atoms with E-state index in [2.05, 4.69) is 0 Å². The molecule has 1 unspecified atom stereocenters. The molecule has 0 bridgehead atoms. The first-order valence-corrected chi connectivity index (χ1v) is 11.6. The van der Waals surface area contributed by atoms with E-state index in [1.807, 2.05) is 0 Å². The summed E-state index contributed by atoms with van der Waals surface area (Å²) in [6.45, 7) is -1.12. The molecule has 0 aromatic heterocycles. The van der Waals surface area contributed by atoms with Crippen LogP contribution in [0.4, 0.5) is 44.3 Å². The lowest BCUT2D eigenvalue weighted by molar-refractivity contribution is -0.143. The lowest BCUT2D eigenvalue weighted by Crippen LogP contribution is -2.24. The molecule has 5 nitrogen and oxygen atoms in total. The molecule has 3 aromatic rings. The van der Waals surface area contributed by atoms with Crippen LogP contribution in [-0.2, 0) is 29.8 Å². The lowest BCUT2D eigenvalue weighted by Gasteiger charge is -2.20. The molecule has 3 aromatic carbocycles. The summed E-state index contributed by atoms with van der Waals surface area (Å²) in [5.74, 6) is 0.183. The molecule has 1 aliphatic heterocycles. The van der Waals surface area contributed by atoms with E-state index >= 15 is 0 Å². The summed E-state index contributed by atoms with van der Waals surface area (Å²) in [6, 6.07) is 7.56. The second kappa shape index (κ2) is 10.6. The first kappa shape index (κ1) is 29.7. The van der Waals surface area contributed by atoms with Gasteiger partial charge in [-0.1, -0.05) is 6.07 Å². The van der Waals surface area contributed by atoms with E-state index in [1.165, 1.54) is 25.3 Å². The summed E-state index contributed by atoms with van der Waals surface area (Å²) in [5, 5.41) is 0. The van der Waals surface area contributed by atoms with Crippen molar-refractivity contribution in [2.45, 2.75) is 31.2 Å². The number of carbonyl (C=O) groups is 2. The topological polar surface area (TPSA) is 55.8 Å². The van der Waals surface area contributed by atoms with Gasteiger partial charge in [-0.3, -0.25) is 9.69 Å². The summed E-state index contributed by atoms with van der Waals surface area (Å²) >= 11 is 0. The molecule has 1 heterocycles. The third-order valence-electron chi connectivity index (χ3n) is 6.31. The predicted octanol–water partition coefficient (Wildman–Crippen LogP) is 7.92. The molecule has 14 heteroatoms. The Morgan fingerprint density at radius 3 is 1.98 bits per heavy atom. The van der Waals surface area contributed by atoms with Crippen LogP contribution >= 0.6 is 0 Å². The van der Waals surface area contributed by atoms with Crippen LogP contribution < -0.4 is 4.74 Å². The monoisotopic (exact) mass is 591 g/mol. The molecule has 0 saturated carbocycles. The van der Waals surface area contributed by atoms with Crippen molar-refractivity contribution in [1.82, 2.24) is 4.90 Å². The third-order valence-corrected chi connectivity index (χ3v) is 6.31. The summed E-state index contributed by atoms with van der Waals surface area (Å²) in [5.41, 5.74) is -4.49. The smallest absolute Gasteiger partial charge is 0.416 e. The average molecular weight is 591 g/mol. The molecule has 218 valence electrons. The van der Waals surface area contributed by atoms with E-state index in [4.69, 9.17) is 9.47 Å². The number of hydrogen-bond donors (Lipinski definition) is 0. The Balaban J connectivity index is 1.74. The van der Waals surface area contributed by atoms with E-state index in [1.54, 1.807) is 0 Å². The van der Waals surface area contributed by atoms with Crippen LogP contribution in [0.2, 0.25) is 0 Å². The van der Waals surface area contributed by atoms with Crippen LogP contribution in [0.15, 0.2) is 54.6 Å². The fourth-order valence-corrected chi connectivity index (χ4v) is 4.35. The first-order valence-electron chi connectivity index (χ1n) is 11.6. The van der Waals surface area contributed by atoms with E-state index in [0.29, 0.717) is 18.4 Å². The van der Waals surface area contributed by atoms with Gasteiger partial charge in [0.15, 0.2) is 0 Å². The van der Waals surface area contributed by atoms with Crippen LogP contribution in [0.5, 0.6) is 5.75 Å². The highest BCUT2D eigenvalue weighted by atomic mass is 19.4. The van der Waals surface area contributed by atoms with Crippen LogP contribution in [0, 0.1) is 0 Å². The fourth-order valence-electron chi connectivity index (χ4n) is 4.35. The first-order chi connectivity index (χ1) is 19.0. The third kappa shape index (κ3) is 6.41. The fraction of sp³-hybridized carbons (Fsp3) is 0.259. The van der Waals surface area contributed by atoms with Crippen molar-refractivity contribution in [1.29, 1.82) is 0 Å². The number of hydrogen-bond acceptors (Lipinski definition) is 4. The van der Waals surface area contributed by atoms with Crippen LogP contribution in [-0.4, -0.2) is 30.9 Å². The number of nitrogens with zero attached hydrogens (tertiary/aromatic N) is 1. The largest absolute Gasteiger partial charge is 0.496 e. The van der Waals surface area contributed by atoms with Gasteiger partial charge in [-0.2, -0.15) is 39.5 Å². The molecule has 0 N–H and O–H groups in total. The van der Waals surface area contributed by atoms with Crippen molar-refractivity contribution < 1.29 is 58.6 Å². The molecule has 0 spiro atoms. The Morgan fingerprint density at radius 2 is 1.44 bits per heavy atom. The van der Waals surface area contributed by atoms with Gasteiger partial charge in [-0.15, -0.1) is 0 Å². The van der Waals surface area contributed by atoms with Crippen LogP contribution in [0.25, 0.3) is 11.1 Å². The molecule has 0 aliphatic carbocycles. The van der Waals surface area contributed by atoms with Crippen molar-refractivity contribution in [3.8, 4) is 16.9 Å². The highest BCUT2D eigenvalue weighted by Gasteiger charge is 2.40. The normalized spacial score (nSPS) is 16.1. The van der Waals surface area contributed by atoms with E-state index in [0.717, 1.165) is 23.1 Å². The molecule has 1 fully saturated rings. The van der Waals surface area contributed by atoms with Gasteiger partial charge in [0.25, 0.3) is 0 Å². The molecule has 4 rings (SSSR count). The van der Waals surface area contributed by atoms with E-state index in [9.17, 15) is 49.1 Å². The van der Waals surface area contributed by atoms with Crippen molar-refractivity contribution in [3.05, 3.63) is 88.0 Å². The second-order valence-electron chi connectivity index (χ2n) is 9.04. The van der Waals surface area contributed by atoms with Crippen molar-refractivity contribution >= 4 is 12.4 Å². The number of carbonyl (C=O) groups excluding carboxylic acids is 2. The quantitative estimate of drug-likeness (QED) is 0.216. The molecule has 41 heavy (non-hydrogen) atoms. The average Bonchev–Trinajstić information content (AvgIpc) is 3.26. The maximum absolute atomic E-state index is 13.5. The van der Waals surface area contributed by atoms with E-state index in [-0.39, 0.29) is 34.1 Å². The molecule has 1 saturated heterocycles. The van der Waals surface area contributed by atoms with Gasteiger partial charge in [0.1, 0.15) is 18.1 Å².